The number of carbonyl (C=O) groups excluding carboxylic acids is 2. The van der Waals surface area contributed by atoms with Gasteiger partial charge >= 0.3 is 11.9 Å². The van der Waals surface area contributed by atoms with Crippen LogP contribution in [-0.2, 0) is 21.4 Å². The maximum atomic E-state index is 13.4. The first-order valence-electron chi connectivity index (χ1n) is 14.4. The summed E-state index contributed by atoms with van der Waals surface area (Å²) < 4.78 is 18.2. The summed E-state index contributed by atoms with van der Waals surface area (Å²) in [5.74, 6) is -0.848. The standard InChI is InChI=1S/C31H44N4O5/c1-18-17-38-26-20-12-13-21-19(9-8-14-31(21,2)3)25(20)28(40-30(37)23(35)11-5-7-16-33)27(24(18)26)39-29(36)22(34)10-4-6-15-32/h12-13,17,22-23H,4-11,14-16,32-35H2,1-3H3. The van der Waals surface area contributed by atoms with Crippen LogP contribution in [0.1, 0.15) is 81.9 Å². The van der Waals surface area contributed by atoms with Crippen LogP contribution in [0.25, 0.3) is 21.7 Å². The van der Waals surface area contributed by atoms with E-state index in [1.54, 1.807) is 6.26 Å². The van der Waals surface area contributed by atoms with Gasteiger partial charge in [-0.2, -0.15) is 0 Å². The van der Waals surface area contributed by atoms with Gasteiger partial charge in [-0.3, -0.25) is 0 Å². The lowest BCUT2D eigenvalue weighted by Gasteiger charge is -2.34. The Hall–Kier alpha value is -2.98. The minimum Gasteiger partial charge on any atom is -0.463 e. The van der Waals surface area contributed by atoms with Gasteiger partial charge in [0.25, 0.3) is 0 Å². The van der Waals surface area contributed by atoms with Crippen molar-refractivity contribution in [2.75, 3.05) is 13.1 Å². The second-order valence-corrected chi connectivity index (χ2v) is 11.7. The number of hydrogen-bond donors (Lipinski definition) is 4. The molecule has 0 bridgehead atoms. The lowest BCUT2D eigenvalue weighted by Crippen LogP contribution is -2.36. The Morgan fingerprint density at radius 1 is 0.925 bits per heavy atom. The molecule has 2 aromatic carbocycles. The van der Waals surface area contributed by atoms with Crippen LogP contribution in [0, 0.1) is 6.92 Å². The predicted molar refractivity (Wildman–Crippen MR) is 157 cm³/mol. The highest BCUT2D eigenvalue weighted by Gasteiger charge is 2.34. The first kappa shape index (κ1) is 30.0. The molecule has 9 nitrogen and oxygen atoms in total. The highest BCUT2D eigenvalue weighted by atomic mass is 16.6. The SMILES string of the molecule is Cc1coc2c1c(OC(=O)C(N)CCCCN)c(OC(=O)C(N)CCCCN)c1c3c(ccc12)C(C)(C)CCC3. The maximum absolute atomic E-state index is 13.4. The summed E-state index contributed by atoms with van der Waals surface area (Å²) in [4.78, 5) is 26.6. The van der Waals surface area contributed by atoms with Crippen LogP contribution >= 0.6 is 0 Å². The van der Waals surface area contributed by atoms with E-state index >= 15 is 0 Å². The van der Waals surface area contributed by atoms with E-state index in [2.05, 4.69) is 19.9 Å². The molecule has 1 aliphatic carbocycles. The van der Waals surface area contributed by atoms with E-state index in [0.717, 1.165) is 48.6 Å². The Morgan fingerprint density at radius 2 is 1.50 bits per heavy atom. The second-order valence-electron chi connectivity index (χ2n) is 11.7. The van der Waals surface area contributed by atoms with Crippen molar-refractivity contribution in [2.45, 2.75) is 96.1 Å². The van der Waals surface area contributed by atoms with Gasteiger partial charge in [0.1, 0.15) is 17.7 Å². The van der Waals surface area contributed by atoms with Gasteiger partial charge in [-0.1, -0.05) is 38.8 Å². The zero-order valence-corrected chi connectivity index (χ0v) is 24.0. The molecule has 9 heteroatoms. The number of hydrogen-bond acceptors (Lipinski definition) is 9. The van der Waals surface area contributed by atoms with Crippen molar-refractivity contribution in [3.8, 4) is 11.5 Å². The van der Waals surface area contributed by atoms with Crippen LogP contribution < -0.4 is 32.4 Å². The molecule has 40 heavy (non-hydrogen) atoms. The Bertz CT molecular complexity index is 1380. The van der Waals surface area contributed by atoms with Gasteiger partial charge in [-0.05, 0) is 87.1 Å². The zero-order valence-electron chi connectivity index (χ0n) is 24.0. The van der Waals surface area contributed by atoms with E-state index in [0.29, 0.717) is 55.1 Å². The summed E-state index contributed by atoms with van der Waals surface area (Å²) in [7, 11) is 0. The van der Waals surface area contributed by atoms with Crippen LogP contribution in [0.3, 0.4) is 0 Å². The zero-order chi connectivity index (χ0) is 29.0. The molecular formula is C31H44N4O5. The molecule has 0 spiro atoms. The highest BCUT2D eigenvalue weighted by Crippen LogP contribution is 2.50. The third-order valence-corrected chi connectivity index (χ3v) is 8.10. The monoisotopic (exact) mass is 552 g/mol. The lowest BCUT2D eigenvalue weighted by molar-refractivity contribution is -0.138. The number of ether oxygens (including phenoxy) is 2. The molecule has 0 amide bonds. The third-order valence-electron chi connectivity index (χ3n) is 8.10. The van der Waals surface area contributed by atoms with E-state index in [9.17, 15) is 9.59 Å². The number of fused-ring (bicyclic) bond motifs is 5. The summed E-state index contributed by atoms with van der Waals surface area (Å²) in [5.41, 5.74) is 27.2. The number of esters is 2. The molecule has 1 aromatic heterocycles. The predicted octanol–water partition coefficient (Wildman–Crippen LogP) is 4.23. The molecule has 1 heterocycles. The average Bonchev–Trinajstić information content (AvgIpc) is 3.31. The van der Waals surface area contributed by atoms with E-state index in [1.165, 1.54) is 5.56 Å². The fourth-order valence-corrected chi connectivity index (χ4v) is 5.78. The first-order chi connectivity index (χ1) is 19.1. The third kappa shape index (κ3) is 6.02. The summed E-state index contributed by atoms with van der Waals surface area (Å²) in [5, 5.41) is 2.09. The molecule has 0 saturated heterocycles. The van der Waals surface area contributed by atoms with Gasteiger partial charge in [0, 0.05) is 10.8 Å². The quantitative estimate of drug-likeness (QED) is 0.146. The Morgan fingerprint density at radius 3 is 2.08 bits per heavy atom. The number of unbranched alkanes of at least 4 members (excludes halogenated alkanes) is 2. The summed E-state index contributed by atoms with van der Waals surface area (Å²) in [6.07, 6.45) is 8.22. The Labute approximate surface area is 235 Å². The summed E-state index contributed by atoms with van der Waals surface area (Å²) in [6.45, 7) is 7.34. The number of carbonyl (C=O) groups is 2. The molecule has 2 unspecified atom stereocenters. The number of benzene rings is 2. The summed E-state index contributed by atoms with van der Waals surface area (Å²) >= 11 is 0. The van der Waals surface area contributed by atoms with Crippen LogP contribution in [0.5, 0.6) is 11.5 Å². The number of aryl methyl sites for hydroxylation is 2. The smallest absolute Gasteiger partial charge is 0.328 e. The lowest BCUT2D eigenvalue weighted by atomic mass is 9.71. The topological polar surface area (TPSA) is 170 Å². The van der Waals surface area contributed by atoms with E-state index in [1.807, 2.05) is 13.0 Å². The molecule has 8 N–H and O–H groups in total. The second kappa shape index (κ2) is 12.7. The van der Waals surface area contributed by atoms with Gasteiger partial charge in [0.05, 0.1) is 11.6 Å². The molecule has 0 aliphatic heterocycles. The van der Waals surface area contributed by atoms with E-state index in [-0.39, 0.29) is 16.9 Å². The first-order valence-corrected chi connectivity index (χ1v) is 14.4. The van der Waals surface area contributed by atoms with Crippen LogP contribution in [-0.4, -0.2) is 37.1 Å². The van der Waals surface area contributed by atoms with Gasteiger partial charge < -0.3 is 36.8 Å². The molecule has 3 aromatic rings. The van der Waals surface area contributed by atoms with Crippen LogP contribution in [0.4, 0.5) is 0 Å². The fraction of sp³-hybridized carbons (Fsp3) is 0.548. The molecular weight excluding hydrogens is 508 g/mol. The summed E-state index contributed by atoms with van der Waals surface area (Å²) in [6, 6.07) is 2.45. The van der Waals surface area contributed by atoms with Crippen molar-refractivity contribution in [3.63, 3.8) is 0 Å². The number of nitrogens with two attached hydrogens (primary N) is 4. The van der Waals surface area contributed by atoms with Gasteiger partial charge in [0.15, 0.2) is 11.5 Å². The van der Waals surface area contributed by atoms with E-state index < -0.39 is 24.0 Å². The van der Waals surface area contributed by atoms with E-state index in [4.69, 9.17) is 36.8 Å². The minimum absolute atomic E-state index is 0.0715. The van der Waals surface area contributed by atoms with Crippen molar-refractivity contribution in [1.82, 2.24) is 0 Å². The molecule has 1 aliphatic rings. The van der Waals surface area contributed by atoms with Crippen molar-refractivity contribution in [2.24, 2.45) is 22.9 Å². The largest absolute Gasteiger partial charge is 0.463 e. The number of furan rings is 1. The highest BCUT2D eigenvalue weighted by molar-refractivity contribution is 6.15. The maximum Gasteiger partial charge on any atom is 0.328 e. The molecule has 0 radical (unpaired) electrons. The van der Waals surface area contributed by atoms with Crippen molar-refractivity contribution < 1.29 is 23.5 Å². The average molecular weight is 553 g/mol. The van der Waals surface area contributed by atoms with Gasteiger partial charge in [-0.25, -0.2) is 9.59 Å². The minimum atomic E-state index is -0.852. The molecule has 0 fully saturated rings. The van der Waals surface area contributed by atoms with Crippen molar-refractivity contribution in [3.05, 3.63) is 35.1 Å². The fourth-order valence-electron chi connectivity index (χ4n) is 5.78. The normalized spacial score (nSPS) is 16.1. The van der Waals surface area contributed by atoms with Crippen molar-refractivity contribution in [1.29, 1.82) is 0 Å². The van der Waals surface area contributed by atoms with Crippen LogP contribution in [0.15, 0.2) is 22.8 Å². The van der Waals surface area contributed by atoms with Gasteiger partial charge in [0.2, 0.25) is 0 Å². The van der Waals surface area contributed by atoms with Gasteiger partial charge in [-0.15, -0.1) is 0 Å². The molecule has 4 rings (SSSR count). The molecule has 2 atom stereocenters. The molecule has 218 valence electrons. The number of rotatable bonds is 12. The van der Waals surface area contributed by atoms with Crippen molar-refractivity contribution >= 4 is 33.7 Å². The van der Waals surface area contributed by atoms with Crippen LogP contribution in [0.2, 0.25) is 0 Å². The Kier molecular flexibility index (Phi) is 9.51. The Balaban J connectivity index is 1.91. The molecule has 0 saturated carbocycles.